The fraction of sp³-hybridized carbons (Fsp3) is 0.364. The van der Waals surface area contributed by atoms with E-state index in [0.717, 1.165) is 21.3 Å². The first-order valence-corrected chi connectivity index (χ1v) is 10.4. The van der Waals surface area contributed by atoms with Crippen molar-refractivity contribution < 1.29 is 19.1 Å². The smallest absolute Gasteiger partial charge is 0.242 e. The van der Waals surface area contributed by atoms with E-state index in [9.17, 15) is 9.59 Å². The lowest BCUT2D eigenvalue weighted by Crippen LogP contribution is -2.46. The summed E-state index contributed by atoms with van der Waals surface area (Å²) < 4.78 is 12.1. The lowest BCUT2D eigenvalue weighted by Gasteiger charge is -2.28. The molecule has 29 heavy (non-hydrogen) atoms. The number of hydrogen-bond donors (Lipinski definition) is 1. The molecule has 0 aromatic heterocycles. The first-order chi connectivity index (χ1) is 14.0. The van der Waals surface area contributed by atoms with Crippen LogP contribution in [0.2, 0.25) is 0 Å². The molecule has 0 spiro atoms. The molecule has 6 nitrogen and oxygen atoms in total. The number of benzene rings is 2. The molecule has 7 heteroatoms. The summed E-state index contributed by atoms with van der Waals surface area (Å²) in [6.07, 6.45) is 0.865. The summed E-state index contributed by atoms with van der Waals surface area (Å²) in [5, 5.41) is 2.63. The van der Waals surface area contributed by atoms with Crippen LogP contribution in [-0.2, 0) is 22.6 Å². The molecule has 0 radical (unpaired) electrons. The molecule has 1 aliphatic rings. The molecule has 2 aromatic rings. The fourth-order valence-electron chi connectivity index (χ4n) is 3.22. The third-order valence-corrected chi connectivity index (χ3v) is 5.44. The summed E-state index contributed by atoms with van der Waals surface area (Å²) in [6, 6.07) is 12.9. The van der Waals surface area contributed by atoms with Crippen molar-refractivity contribution in [3.05, 3.63) is 58.1 Å². The number of carbonyl (C=O) groups excluding carboxylic acids is 2. The van der Waals surface area contributed by atoms with Crippen LogP contribution < -0.4 is 14.8 Å². The predicted octanol–water partition coefficient (Wildman–Crippen LogP) is 3.32. The Morgan fingerprint density at radius 2 is 1.72 bits per heavy atom. The van der Waals surface area contributed by atoms with Gasteiger partial charge in [0.05, 0.1) is 0 Å². The number of fused-ring (bicyclic) bond motifs is 1. The number of hydrogen-bond acceptors (Lipinski definition) is 4. The number of halogens is 1. The first-order valence-electron chi connectivity index (χ1n) is 9.62. The van der Waals surface area contributed by atoms with Crippen LogP contribution in [-0.4, -0.2) is 43.0 Å². The van der Waals surface area contributed by atoms with Gasteiger partial charge in [-0.2, -0.15) is 0 Å². The number of nitrogens with one attached hydrogen (secondary N) is 1. The van der Waals surface area contributed by atoms with Crippen molar-refractivity contribution in [1.82, 2.24) is 10.2 Å². The molecule has 1 aliphatic heterocycles. The van der Waals surface area contributed by atoms with Gasteiger partial charge in [-0.15, -0.1) is 0 Å². The molecule has 154 valence electrons. The maximum atomic E-state index is 13.0. The molecule has 1 heterocycles. The van der Waals surface area contributed by atoms with E-state index in [4.69, 9.17) is 9.47 Å². The summed E-state index contributed by atoms with van der Waals surface area (Å²) in [4.78, 5) is 26.8. The first kappa shape index (κ1) is 21.2. The minimum Gasteiger partial charge on any atom is -0.486 e. The monoisotopic (exact) mass is 460 g/mol. The lowest BCUT2D eigenvalue weighted by molar-refractivity contribution is -0.140. The van der Waals surface area contributed by atoms with Crippen LogP contribution in [0.3, 0.4) is 0 Å². The lowest BCUT2D eigenvalue weighted by atomic mass is 10.1. The van der Waals surface area contributed by atoms with E-state index in [1.54, 1.807) is 18.9 Å². The highest BCUT2D eigenvalue weighted by Crippen LogP contribution is 2.31. The van der Waals surface area contributed by atoms with E-state index in [1.807, 2.05) is 42.5 Å². The van der Waals surface area contributed by atoms with Crippen LogP contribution >= 0.6 is 15.9 Å². The molecule has 2 amide bonds. The van der Waals surface area contributed by atoms with Gasteiger partial charge in [-0.05, 0) is 48.7 Å². The van der Waals surface area contributed by atoms with Crippen molar-refractivity contribution >= 4 is 27.7 Å². The summed E-state index contributed by atoms with van der Waals surface area (Å²) in [7, 11) is 1.58. The molecular weight excluding hydrogens is 436 g/mol. The zero-order valence-electron chi connectivity index (χ0n) is 16.6. The number of likely N-dealkylation sites (N-methyl/N-ethyl adjacent to an activating group) is 1. The van der Waals surface area contributed by atoms with Crippen molar-refractivity contribution in [2.24, 2.45) is 0 Å². The van der Waals surface area contributed by atoms with Gasteiger partial charge in [0.25, 0.3) is 0 Å². The molecule has 0 aliphatic carbocycles. The predicted molar refractivity (Wildman–Crippen MR) is 114 cm³/mol. The molecule has 0 fully saturated rings. The quantitative estimate of drug-likeness (QED) is 0.687. The summed E-state index contributed by atoms with van der Waals surface area (Å²) >= 11 is 3.42. The zero-order valence-corrected chi connectivity index (χ0v) is 18.2. The van der Waals surface area contributed by atoms with Gasteiger partial charge in [0, 0.05) is 24.5 Å². The van der Waals surface area contributed by atoms with Gasteiger partial charge in [0.2, 0.25) is 11.8 Å². The normalized spacial score (nSPS) is 13.5. The minimum atomic E-state index is -0.559. The largest absolute Gasteiger partial charge is 0.486 e. The molecule has 3 rings (SSSR count). The standard InChI is InChI=1S/C22H25BrN2O4/c1-15(22(27)24-2)25(14-17-3-7-18(23)8-4-17)21(26)10-6-16-5-9-19-20(13-16)29-12-11-28-19/h3-5,7-9,13,15H,6,10-12,14H2,1-2H3,(H,24,27)/t15-/m1/s1. The van der Waals surface area contributed by atoms with Gasteiger partial charge in [-0.3, -0.25) is 9.59 Å². The third kappa shape index (κ3) is 5.50. The fourth-order valence-corrected chi connectivity index (χ4v) is 3.48. The number of amides is 2. The summed E-state index contributed by atoms with van der Waals surface area (Å²) in [6.45, 7) is 3.20. The summed E-state index contributed by atoms with van der Waals surface area (Å²) in [5.41, 5.74) is 1.97. The Hall–Kier alpha value is -2.54. The molecule has 0 unspecified atom stereocenters. The van der Waals surface area contributed by atoms with Gasteiger partial charge >= 0.3 is 0 Å². The molecule has 0 bridgehead atoms. The molecule has 1 atom stereocenters. The topological polar surface area (TPSA) is 67.9 Å². The highest BCUT2D eigenvalue weighted by molar-refractivity contribution is 9.10. The molecule has 1 N–H and O–H groups in total. The Morgan fingerprint density at radius 3 is 2.41 bits per heavy atom. The average molecular weight is 461 g/mol. The maximum absolute atomic E-state index is 13.0. The molecule has 2 aromatic carbocycles. The Bertz CT molecular complexity index is 870. The Morgan fingerprint density at radius 1 is 1.07 bits per heavy atom. The number of ether oxygens (including phenoxy) is 2. The number of nitrogens with zero attached hydrogens (tertiary/aromatic N) is 1. The third-order valence-electron chi connectivity index (χ3n) is 4.91. The van der Waals surface area contributed by atoms with Crippen molar-refractivity contribution in [1.29, 1.82) is 0 Å². The second kappa shape index (κ2) is 9.78. The van der Waals surface area contributed by atoms with Crippen LogP contribution in [0.4, 0.5) is 0 Å². The van der Waals surface area contributed by atoms with Crippen LogP contribution in [0.15, 0.2) is 46.9 Å². The van der Waals surface area contributed by atoms with Crippen molar-refractivity contribution in [3.8, 4) is 11.5 Å². The average Bonchev–Trinajstić information content (AvgIpc) is 2.75. The van der Waals surface area contributed by atoms with Gasteiger partial charge in [0.1, 0.15) is 19.3 Å². The maximum Gasteiger partial charge on any atom is 0.242 e. The van der Waals surface area contributed by atoms with E-state index < -0.39 is 6.04 Å². The zero-order chi connectivity index (χ0) is 20.8. The van der Waals surface area contributed by atoms with Gasteiger partial charge in [0.15, 0.2) is 11.5 Å². The van der Waals surface area contributed by atoms with Crippen LogP contribution in [0.1, 0.15) is 24.5 Å². The van der Waals surface area contributed by atoms with Crippen LogP contribution in [0.5, 0.6) is 11.5 Å². The highest BCUT2D eigenvalue weighted by atomic mass is 79.9. The van der Waals surface area contributed by atoms with E-state index >= 15 is 0 Å². The van der Waals surface area contributed by atoms with Crippen molar-refractivity contribution in [2.75, 3.05) is 20.3 Å². The number of carbonyl (C=O) groups is 2. The Labute approximate surface area is 179 Å². The SMILES string of the molecule is CNC(=O)[C@@H](C)N(Cc1ccc(Br)cc1)C(=O)CCc1ccc2c(c1)OCCO2. The van der Waals surface area contributed by atoms with Crippen LogP contribution in [0, 0.1) is 0 Å². The molecular formula is C22H25BrN2O4. The van der Waals surface area contributed by atoms with Gasteiger partial charge in [-0.25, -0.2) is 0 Å². The van der Waals surface area contributed by atoms with E-state index in [-0.39, 0.29) is 11.8 Å². The number of aryl methyl sites for hydroxylation is 1. The molecule has 0 saturated heterocycles. The van der Waals surface area contributed by atoms with E-state index in [0.29, 0.717) is 38.3 Å². The second-order valence-electron chi connectivity index (χ2n) is 6.92. The van der Waals surface area contributed by atoms with Crippen molar-refractivity contribution in [3.63, 3.8) is 0 Å². The minimum absolute atomic E-state index is 0.0705. The number of rotatable bonds is 7. The van der Waals surface area contributed by atoms with Crippen molar-refractivity contribution in [2.45, 2.75) is 32.4 Å². The second-order valence-corrected chi connectivity index (χ2v) is 7.83. The van der Waals surface area contributed by atoms with Gasteiger partial charge < -0.3 is 19.7 Å². The molecule has 0 saturated carbocycles. The van der Waals surface area contributed by atoms with Gasteiger partial charge in [-0.1, -0.05) is 34.1 Å². The van der Waals surface area contributed by atoms with E-state index in [2.05, 4.69) is 21.2 Å². The Kier molecular flexibility index (Phi) is 7.14. The van der Waals surface area contributed by atoms with E-state index in [1.165, 1.54) is 0 Å². The van der Waals surface area contributed by atoms with Crippen LogP contribution in [0.25, 0.3) is 0 Å². The highest BCUT2D eigenvalue weighted by Gasteiger charge is 2.25. The summed E-state index contributed by atoms with van der Waals surface area (Å²) in [5.74, 6) is 1.19. The Balaban J connectivity index is 1.70.